The highest BCUT2D eigenvalue weighted by Gasteiger charge is 2.06. The van der Waals surface area contributed by atoms with E-state index in [-0.39, 0.29) is 30.1 Å². The fourth-order valence-electron chi connectivity index (χ4n) is 2.31. The second kappa shape index (κ2) is 12.5. The van der Waals surface area contributed by atoms with Crippen LogP contribution in [-0.2, 0) is 6.54 Å². The quantitative estimate of drug-likeness (QED) is 0.284. The predicted octanol–water partition coefficient (Wildman–Crippen LogP) is 3.58. The second-order valence-corrected chi connectivity index (χ2v) is 6.46. The molecule has 4 N–H and O–H groups in total. The molecule has 0 spiro atoms. The number of carbonyl (C=O) groups excluding carboxylic acids is 1. The van der Waals surface area contributed by atoms with Gasteiger partial charge >= 0.3 is 0 Å². The lowest BCUT2D eigenvalue weighted by Crippen LogP contribution is -2.41. The van der Waals surface area contributed by atoms with Crippen LogP contribution >= 0.6 is 35.6 Å². The first kappa shape index (κ1) is 24.0. The third-order valence-corrected chi connectivity index (χ3v) is 3.96. The first-order valence-electron chi connectivity index (χ1n) is 8.81. The third kappa shape index (κ3) is 8.35. The van der Waals surface area contributed by atoms with Gasteiger partial charge in [0.1, 0.15) is 11.9 Å². The van der Waals surface area contributed by atoms with Crippen LogP contribution in [0.2, 0.25) is 5.02 Å². The van der Waals surface area contributed by atoms with Crippen LogP contribution in [0.3, 0.4) is 0 Å². The molecule has 1 atom stereocenters. The van der Waals surface area contributed by atoms with Crippen molar-refractivity contribution in [3.8, 4) is 5.75 Å². The van der Waals surface area contributed by atoms with Gasteiger partial charge in [-0.15, -0.1) is 24.0 Å². The predicted molar refractivity (Wildman–Crippen MR) is 125 cm³/mol. The lowest BCUT2D eigenvalue weighted by atomic mass is 10.1. The van der Waals surface area contributed by atoms with Crippen molar-refractivity contribution in [2.45, 2.75) is 26.5 Å². The smallest absolute Gasteiger partial charge is 0.248 e. The molecule has 0 aliphatic rings. The van der Waals surface area contributed by atoms with E-state index in [0.29, 0.717) is 29.6 Å². The van der Waals surface area contributed by atoms with Gasteiger partial charge in [0, 0.05) is 17.1 Å². The van der Waals surface area contributed by atoms with Crippen molar-refractivity contribution >= 4 is 47.4 Å². The maximum atomic E-state index is 11.1. The molecule has 0 aliphatic heterocycles. The van der Waals surface area contributed by atoms with Crippen LogP contribution in [0.4, 0.5) is 0 Å². The van der Waals surface area contributed by atoms with Gasteiger partial charge in [-0.25, -0.2) is 4.99 Å². The Morgan fingerprint density at radius 2 is 1.79 bits per heavy atom. The highest BCUT2D eigenvalue weighted by atomic mass is 127. The largest absolute Gasteiger partial charge is 0.489 e. The van der Waals surface area contributed by atoms with E-state index >= 15 is 0 Å². The molecule has 2 aromatic carbocycles. The van der Waals surface area contributed by atoms with E-state index in [4.69, 9.17) is 22.1 Å². The molecular weight excluding hydrogens is 491 g/mol. The highest BCUT2D eigenvalue weighted by molar-refractivity contribution is 14.0. The van der Waals surface area contributed by atoms with E-state index in [1.165, 1.54) is 0 Å². The first-order chi connectivity index (χ1) is 13.0. The molecule has 6 nitrogen and oxygen atoms in total. The standard InChI is InChI=1S/C20H25ClN4O2.HI/c1-3-23-20(25-13-15-4-6-16(7-5-15)19(22)26)24-12-14(2)27-18-10-8-17(21)9-11-18;/h4-11,14H,3,12-13H2,1-2H3,(H2,22,26)(H2,23,24,25);1H. The fraction of sp³-hybridized carbons (Fsp3) is 0.300. The van der Waals surface area contributed by atoms with Crippen molar-refractivity contribution in [1.29, 1.82) is 0 Å². The van der Waals surface area contributed by atoms with E-state index in [1.54, 1.807) is 24.3 Å². The fourth-order valence-corrected chi connectivity index (χ4v) is 2.44. The summed E-state index contributed by atoms with van der Waals surface area (Å²) >= 11 is 5.88. The van der Waals surface area contributed by atoms with E-state index in [9.17, 15) is 4.79 Å². The van der Waals surface area contributed by atoms with Gasteiger partial charge in [-0.1, -0.05) is 23.7 Å². The number of aliphatic imine (C=N–C) groups is 1. The van der Waals surface area contributed by atoms with Gasteiger partial charge in [0.05, 0.1) is 13.1 Å². The molecule has 0 bridgehead atoms. The molecule has 1 amide bonds. The number of nitrogens with one attached hydrogen (secondary N) is 2. The number of amides is 1. The second-order valence-electron chi connectivity index (χ2n) is 6.02. The molecule has 28 heavy (non-hydrogen) atoms. The summed E-state index contributed by atoms with van der Waals surface area (Å²) in [7, 11) is 0. The number of nitrogens with zero attached hydrogens (tertiary/aromatic N) is 1. The average molecular weight is 517 g/mol. The van der Waals surface area contributed by atoms with Crippen molar-refractivity contribution in [2.75, 3.05) is 13.1 Å². The summed E-state index contributed by atoms with van der Waals surface area (Å²) in [5, 5.41) is 7.15. The zero-order valence-electron chi connectivity index (χ0n) is 15.9. The molecule has 0 radical (unpaired) electrons. The molecule has 0 aromatic heterocycles. The number of nitrogens with two attached hydrogens (primary N) is 1. The van der Waals surface area contributed by atoms with Crippen LogP contribution < -0.4 is 21.1 Å². The number of primary amides is 1. The molecule has 0 aliphatic carbocycles. The number of hydrogen-bond acceptors (Lipinski definition) is 3. The Morgan fingerprint density at radius 3 is 2.36 bits per heavy atom. The van der Waals surface area contributed by atoms with Gasteiger partial charge in [0.15, 0.2) is 5.96 Å². The summed E-state index contributed by atoms with van der Waals surface area (Å²) in [5.41, 5.74) is 6.73. The Hall–Kier alpha value is -2.00. The van der Waals surface area contributed by atoms with Crippen LogP contribution in [0, 0.1) is 0 Å². The van der Waals surface area contributed by atoms with Crippen molar-refractivity contribution in [3.63, 3.8) is 0 Å². The van der Waals surface area contributed by atoms with Crippen molar-refractivity contribution < 1.29 is 9.53 Å². The Labute approximate surface area is 187 Å². The third-order valence-electron chi connectivity index (χ3n) is 3.71. The summed E-state index contributed by atoms with van der Waals surface area (Å²) in [6, 6.07) is 14.4. The molecule has 0 saturated carbocycles. The van der Waals surface area contributed by atoms with E-state index in [2.05, 4.69) is 15.6 Å². The number of benzene rings is 2. The summed E-state index contributed by atoms with van der Waals surface area (Å²) < 4.78 is 5.85. The van der Waals surface area contributed by atoms with Gasteiger partial charge in [0.2, 0.25) is 5.91 Å². The van der Waals surface area contributed by atoms with Crippen molar-refractivity contribution in [1.82, 2.24) is 10.6 Å². The number of carbonyl (C=O) groups is 1. The number of hydrogen-bond donors (Lipinski definition) is 3. The topological polar surface area (TPSA) is 88.7 Å². The summed E-state index contributed by atoms with van der Waals surface area (Å²) in [4.78, 5) is 15.7. The average Bonchev–Trinajstić information content (AvgIpc) is 2.66. The molecule has 1 unspecified atom stereocenters. The minimum atomic E-state index is -0.435. The van der Waals surface area contributed by atoms with Gasteiger partial charge < -0.3 is 21.1 Å². The Kier molecular flexibility index (Phi) is 10.7. The van der Waals surface area contributed by atoms with E-state index in [0.717, 1.165) is 17.9 Å². The van der Waals surface area contributed by atoms with Crippen LogP contribution in [0.1, 0.15) is 29.8 Å². The zero-order chi connectivity index (χ0) is 19.6. The molecule has 0 fully saturated rings. The van der Waals surface area contributed by atoms with Gasteiger partial charge in [-0.3, -0.25) is 4.79 Å². The molecule has 2 aromatic rings. The normalized spacial score (nSPS) is 11.9. The van der Waals surface area contributed by atoms with Crippen molar-refractivity contribution in [2.24, 2.45) is 10.7 Å². The number of halogens is 2. The van der Waals surface area contributed by atoms with Gasteiger partial charge in [-0.2, -0.15) is 0 Å². The van der Waals surface area contributed by atoms with Crippen LogP contribution in [0.15, 0.2) is 53.5 Å². The van der Waals surface area contributed by atoms with Crippen LogP contribution in [0.5, 0.6) is 5.75 Å². The first-order valence-corrected chi connectivity index (χ1v) is 9.19. The van der Waals surface area contributed by atoms with E-state index in [1.807, 2.05) is 38.1 Å². The number of ether oxygens (including phenoxy) is 1. The maximum absolute atomic E-state index is 11.1. The lowest BCUT2D eigenvalue weighted by Gasteiger charge is -2.17. The van der Waals surface area contributed by atoms with Gasteiger partial charge in [-0.05, 0) is 55.8 Å². The van der Waals surface area contributed by atoms with Crippen LogP contribution in [0.25, 0.3) is 0 Å². The molecule has 0 saturated heterocycles. The van der Waals surface area contributed by atoms with Crippen molar-refractivity contribution in [3.05, 3.63) is 64.7 Å². The molecular formula is C20H26ClIN4O2. The Bertz CT molecular complexity index is 767. The molecule has 0 heterocycles. The number of guanidine groups is 1. The van der Waals surface area contributed by atoms with Gasteiger partial charge in [0.25, 0.3) is 0 Å². The summed E-state index contributed by atoms with van der Waals surface area (Å²) in [6.45, 7) is 5.81. The lowest BCUT2D eigenvalue weighted by molar-refractivity contribution is 0.100. The Balaban J connectivity index is 0.00000392. The minimum absolute atomic E-state index is 0. The molecule has 152 valence electrons. The maximum Gasteiger partial charge on any atom is 0.248 e. The molecule has 2 rings (SSSR count). The Morgan fingerprint density at radius 1 is 1.14 bits per heavy atom. The zero-order valence-corrected chi connectivity index (χ0v) is 19.0. The molecule has 8 heteroatoms. The summed E-state index contributed by atoms with van der Waals surface area (Å²) in [6.07, 6.45) is -0.0510. The monoisotopic (exact) mass is 516 g/mol. The minimum Gasteiger partial charge on any atom is -0.489 e. The highest BCUT2D eigenvalue weighted by Crippen LogP contribution is 2.16. The SMILES string of the molecule is CCNC(=NCc1ccc(C(N)=O)cc1)NCC(C)Oc1ccc(Cl)cc1.I. The van der Waals surface area contributed by atoms with Crippen LogP contribution in [-0.4, -0.2) is 31.1 Å². The van der Waals surface area contributed by atoms with E-state index < -0.39 is 5.91 Å². The number of rotatable bonds is 8. The summed E-state index contributed by atoms with van der Waals surface area (Å²) in [5.74, 6) is 1.03.